The van der Waals surface area contributed by atoms with Crippen molar-refractivity contribution in [3.05, 3.63) is 82.5 Å². The number of benzene rings is 2. The normalized spacial score (nSPS) is 14.3. The minimum atomic E-state index is -0.110. The van der Waals surface area contributed by atoms with Gasteiger partial charge in [0.1, 0.15) is 5.82 Å². The van der Waals surface area contributed by atoms with E-state index in [1.165, 1.54) is 5.56 Å². The van der Waals surface area contributed by atoms with Gasteiger partial charge in [0, 0.05) is 57.3 Å². The second-order valence-electron chi connectivity index (χ2n) is 8.27. The first-order chi connectivity index (χ1) is 16.0. The molecule has 2 heterocycles. The van der Waals surface area contributed by atoms with E-state index in [4.69, 9.17) is 11.6 Å². The Kier molecular flexibility index (Phi) is 7.42. The summed E-state index contributed by atoms with van der Waals surface area (Å²) in [4.78, 5) is 29.5. The summed E-state index contributed by atoms with van der Waals surface area (Å²) in [5.41, 5.74) is 2.67. The van der Waals surface area contributed by atoms with Crippen molar-refractivity contribution < 1.29 is 9.59 Å². The highest BCUT2D eigenvalue weighted by molar-refractivity contribution is 6.30. The van der Waals surface area contributed by atoms with Crippen molar-refractivity contribution in [2.45, 2.75) is 19.4 Å². The molecule has 0 unspecified atom stereocenters. The van der Waals surface area contributed by atoms with Crippen molar-refractivity contribution in [1.29, 1.82) is 0 Å². The summed E-state index contributed by atoms with van der Waals surface area (Å²) in [5.74, 6) is 0.316. The highest BCUT2D eigenvalue weighted by Gasteiger charge is 2.24. The maximum Gasteiger partial charge on any atom is 0.274 e. The van der Waals surface area contributed by atoms with E-state index >= 15 is 0 Å². The summed E-state index contributed by atoms with van der Waals surface area (Å²) in [7, 11) is 1.73. The fourth-order valence-corrected chi connectivity index (χ4v) is 4.04. The minimum absolute atomic E-state index is 0.100. The topological polar surface area (TPSA) is 70.5 Å². The molecule has 1 saturated heterocycles. The van der Waals surface area contributed by atoms with Crippen LogP contribution >= 0.6 is 11.6 Å². The molecule has 2 amide bonds. The Morgan fingerprint density at radius 3 is 2.36 bits per heavy atom. The lowest BCUT2D eigenvalue weighted by Crippen LogP contribution is -2.48. The van der Waals surface area contributed by atoms with Crippen LogP contribution in [0.4, 0.5) is 5.82 Å². The molecule has 0 bridgehead atoms. The maximum atomic E-state index is 13.0. The maximum absolute atomic E-state index is 13.0. The van der Waals surface area contributed by atoms with Crippen LogP contribution in [0.1, 0.15) is 28.0 Å². The molecular weight excluding hydrogens is 438 g/mol. The van der Waals surface area contributed by atoms with Gasteiger partial charge < -0.3 is 10.2 Å². The molecule has 2 aromatic carbocycles. The van der Waals surface area contributed by atoms with Crippen molar-refractivity contribution in [2.75, 3.05) is 31.5 Å². The molecule has 8 heteroatoms. The third-order valence-corrected chi connectivity index (χ3v) is 6.08. The highest BCUT2D eigenvalue weighted by atomic mass is 35.5. The highest BCUT2D eigenvalue weighted by Crippen LogP contribution is 2.16. The predicted octanol–water partition coefficient (Wildman–Crippen LogP) is 3.60. The number of aromatic nitrogens is 2. The van der Waals surface area contributed by atoms with Gasteiger partial charge in [-0.05, 0) is 29.7 Å². The van der Waals surface area contributed by atoms with Gasteiger partial charge in [-0.1, -0.05) is 54.1 Å². The van der Waals surface area contributed by atoms with Gasteiger partial charge in [0.15, 0.2) is 5.69 Å². The molecule has 0 atom stereocenters. The van der Waals surface area contributed by atoms with Gasteiger partial charge in [-0.2, -0.15) is 5.10 Å². The molecule has 0 saturated carbocycles. The average molecular weight is 466 g/mol. The van der Waals surface area contributed by atoms with E-state index in [0.29, 0.717) is 37.4 Å². The van der Waals surface area contributed by atoms with Crippen molar-refractivity contribution in [1.82, 2.24) is 19.6 Å². The first-order valence-corrected chi connectivity index (χ1v) is 11.5. The number of amides is 2. The van der Waals surface area contributed by atoms with Crippen LogP contribution in [0.15, 0.2) is 60.7 Å². The van der Waals surface area contributed by atoms with E-state index in [1.807, 2.05) is 59.5 Å². The van der Waals surface area contributed by atoms with E-state index in [-0.39, 0.29) is 11.8 Å². The zero-order valence-electron chi connectivity index (χ0n) is 18.7. The number of anilines is 1. The van der Waals surface area contributed by atoms with Crippen LogP contribution in [0, 0.1) is 0 Å². The summed E-state index contributed by atoms with van der Waals surface area (Å²) in [5, 5.41) is 7.94. The number of nitrogens with one attached hydrogen (secondary N) is 1. The molecule has 3 aromatic rings. The molecule has 7 nitrogen and oxygen atoms in total. The lowest BCUT2D eigenvalue weighted by Gasteiger charge is -2.34. The number of rotatable bonds is 7. The quantitative estimate of drug-likeness (QED) is 0.578. The molecule has 1 fully saturated rings. The van der Waals surface area contributed by atoms with Gasteiger partial charge >= 0.3 is 0 Å². The van der Waals surface area contributed by atoms with Gasteiger partial charge in [-0.25, -0.2) is 0 Å². The molecule has 1 N–H and O–H groups in total. The fraction of sp³-hybridized carbons (Fsp3) is 0.320. The van der Waals surface area contributed by atoms with Gasteiger partial charge in [-0.3, -0.25) is 19.2 Å². The summed E-state index contributed by atoms with van der Waals surface area (Å²) < 4.78 is 1.55. The molecule has 0 radical (unpaired) electrons. The third kappa shape index (κ3) is 6.21. The molecule has 4 rings (SSSR count). The van der Waals surface area contributed by atoms with Gasteiger partial charge in [0.2, 0.25) is 5.91 Å². The van der Waals surface area contributed by atoms with Gasteiger partial charge in [0.05, 0.1) is 0 Å². The molecule has 172 valence electrons. The second kappa shape index (κ2) is 10.6. The Labute approximate surface area is 198 Å². The number of carbonyl (C=O) groups is 2. The Morgan fingerprint density at radius 2 is 1.67 bits per heavy atom. The van der Waals surface area contributed by atoms with Crippen LogP contribution in [-0.4, -0.2) is 57.6 Å². The Balaban J connectivity index is 1.28. The minimum Gasteiger partial charge on any atom is -0.335 e. The Hall–Kier alpha value is -3.16. The number of hydrogen-bond donors (Lipinski definition) is 1. The van der Waals surface area contributed by atoms with E-state index in [0.717, 1.165) is 30.2 Å². The lowest BCUT2D eigenvalue weighted by molar-refractivity contribution is -0.116. The Bertz CT molecular complexity index is 1090. The molecule has 0 aliphatic carbocycles. The fourth-order valence-electron chi connectivity index (χ4n) is 3.92. The first kappa shape index (κ1) is 23.0. The number of nitrogens with zero attached hydrogens (tertiary/aromatic N) is 4. The van der Waals surface area contributed by atoms with E-state index in [1.54, 1.807) is 17.8 Å². The van der Waals surface area contributed by atoms with E-state index in [2.05, 4.69) is 15.3 Å². The number of piperazine rings is 1. The summed E-state index contributed by atoms with van der Waals surface area (Å²) in [6.07, 6.45) is 1.03. The molecular formula is C25H28ClN5O2. The zero-order valence-corrected chi connectivity index (χ0v) is 19.5. The summed E-state index contributed by atoms with van der Waals surface area (Å²) in [6.45, 7) is 3.71. The molecule has 1 aliphatic rings. The standard InChI is InChI=1S/C25H28ClN5O2/c1-29-23(27-24(32)12-9-19-5-3-2-4-6-19)17-22(28-29)25(33)31-15-13-30(14-16-31)18-20-7-10-21(26)11-8-20/h2-8,10-11,17H,9,12-16,18H2,1H3,(H,27,32). The van der Waals surface area contributed by atoms with Gasteiger partial charge in [0.25, 0.3) is 5.91 Å². The van der Waals surface area contributed by atoms with Crippen molar-refractivity contribution in [2.24, 2.45) is 7.05 Å². The zero-order chi connectivity index (χ0) is 23.2. The van der Waals surface area contributed by atoms with Crippen LogP contribution in [0.3, 0.4) is 0 Å². The monoisotopic (exact) mass is 465 g/mol. The van der Waals surface area contributed by atoms with Crippen LogP contribution < -0.4 is 5.32 Å². The van der Waals surface area contributed by atoms with Gasteiger partial charge in [-0.15, -0.1) is 0 Å². The van der Waals surface area contributed by atoms with Crippen molar-refractivity contribution >= 4 is 29.2 Å². The first-order valence-electron chi connectivity index (χ1n) is 11.1. The van der Waals surface area contributed by atoms with Crippen molar-refractivity contribution in [3.8, 4) is 0 Å². The predicted molar refractivity (Wildman–Crippen MR) is 129 cm³/mol. The van der Waals surface area contributed by atoms with E-state index in [9.17, 15) is 9.59 Å². The van der Waals surface area contributed by atoms with Crippen LogP contribution in [0.25, 0.3) is 0 Å². The molecule has 1 aliphatic heterocycles. The summed E-state index contributed by atoms with van der Waals surface area (Å²) >= 11 is 5.96. The molecule has 33 heavy (non-hydrogen) atoms. The number of aryl methyl sites for hydroxylation is 2. The summed E-state index contributed by atoms with van der Waals surface area (Å²) in [6, 6.07) is 19.4. The van der Waals surface area contributed by atoms with E-state index < -0.39 is 0 Å². The SMILES string of the molecule is Cn1nc(C(=O)N2CCN(Cc3ccc(Cl)cc3)CC2)cc1NC(=O)CCc1ccccc1. The number of halogens is 1. The largest absolute Gasteiger partial charge is 0.335 e. The number of hydrogen-bond acceptors (Lipinski definition) is 4. The smallest absolute Gasteiger partial charge is 0.274 e. The third-order valence-electron chi connectivity index (χ3n) is 5.83. The van der Waals surface area contributed by atoms with Crippen LogP contribution in [-0.2, 0) is 24.8 Å². The van der Waals surface area contributed by atoms with Crippen LogP contribution in [0.2, 0.25) is 5.02 Å². The van der Waals surface area contributed by atoms with Crippen molar-refractivity contribution in [3.63, 3.8) is 0 Å². The number of carbonyl (C=O) groups excluding carboxylic acids is 2. The average Bonchev–Trinajstić information content (AvgIpc) is 3.20. The lowest BCUT2D eigenvalue weighted by atomic mass is 10.1. The molecule has 0 spiro atoms. The van der Waals surface area contributed by atoms with Crippen LogP contribution in [0.5, 0.6) is 0 Å². The second-order valence-corrected chi connectivity index (χ2v) is 8.70. The molecule has 1 aromatic heterocycles. The Morgan fingerprint density at radius 1 is 0.970 bits per heavy atom.